The zero-order chi connectivity index (χ0) is 13.3. The molecule has 18 heavy (non-hydrogen) atoms. The fraction of sp³-hybridized carbons (Fsp3) is 0.643. The van der Waals surface area contributed by atoms with Gasteiger partial charge in [-0.1, -0.05) is 20.8 Å². The van der Waals surface area contributed by atoms with E-state index in [1.165, 1.54) is 17.8 Å². The predicted octanol–water partition coefficient (Wildman–Crippen LogP) is 3.31. The molecule has 1 unspecified atom stereocenters. The Kier molecular flexibility index (Phi) is 3.78. The van der Waals surface area contributed by atoms with Crippen molar-refractivity contribution in [1.82, 2.24) is 4.90 Å². The summed E-state index contributed by atoms with van der Waals surface area (Å²) >= 11 is 1.40. The lowest BCUT2D eigenvalue weighted by atomic mass is 9.80. The third kappa shape index (κ3) is 3.12. The van der Waals surface area contributed by atoms with Crippen molar-refractivity contribution < 1.29 is 9.90 Å². The van der Waals surface area contributed by atoms with Crippen LogP contribution in [0.3, 0.4) is 0 Å². The topological polar surface area (TPSA) is 40.5 Å². The Hall–Kier alpha value is -0.870. The van der Waals surface area contributed by atoms with Gasteiger partial charge in [-0.2, -0.15) is 0 Å². The van der Waals surface area contributed by atoms with E-state index in [1.54, 1.807) is 6.07 Å². The number of carboxylic acids is 1. The molecule has 0 spiro atoms. The van der Waals surface area contributed by atoms with E-state index in [4.69, 9.17) is 5.11 Å². The summed E-state index contributed by atoms with van der Waals surface area (Å²) in [4.78, 5) is 14.9. The van der Waals surface area contributed by atoms with E-state index < -0.39 is 5.97 Å². The van der Waals surface area contributed by atoms with Crippen molar-refractivity contribution in [2.24, 2.45) is 11.3 Å². The Labute approximate surface area is 112 Å². The summed E-state index contributed by atoms with van der Waals surface area (Å²) in [5.41, 5.74) is 0.371. The number of hydrogen-bond donors (Lipinski definition) is 1. The van der Waals surface area contributed by atoms with Gasteiger partial charge in [-0.3, -0.25) is 4.90 Å². The summed E-state index contributed by atoms with van der Waals surface area (Å²) < 4.78 is 0. The van der Waals surface area contributed by atoms with E-state index in [0.29, 0.717) is 10.3 Å². The maximum Gasteiger partial charge on any atom is 0.345 e. The van der Waals surface area contributed by atoms with Gasteiger partial charge in [-0.05, 0) is 36.4 Å². The minimum Gasteiger partial charge on any atom is -0.477 e. The van der Waals surface area contributed by atoms with Gasteiger partial charge in [0.15, 0.2) is 0 Å². The smallest absolute Gasteiger partial charge is 0.345 e. The highest BCUT2D eigenvalue weighted by Crippen LogP contribution is 2.34. The van der Waals surface area contributed by atoms with Crippen molar-refractivity contribution in [3.63, 3.8) is 0 Å². The van der Waals surface area contributed by atoms with Crippen LogP contribution in [-0.4, -0.2) is 29.1 Å². The number of likely N-dealkylation sites (tertiary alicyclic amines) is 1. The second-order valence-electron chi connectivity index (χ2n) is 6.16. The summed E-state index contributed by atoms with van der Waals surface area (Å²) in [6.45, 7) is 10.1. The summed E-state index contributed by atoms with van der Waals surface area (Å²) in [6.07, 6.45) is 1.25. The SMILES string of the molecule is CC(C)(C)C1CCN(Cc2ccc(C(=O)O)s2)C1. The van der Waals surface area contributed by atoms with Crippen molar-refractivity contribution >= 4 is 17.3 Å². The first-order valence-corrected chi connectivity index (χ1v) is 7.22. The highest BCUT2D eigenvalue weighted by Gasteiger charge is 2.31. The van der Waals surface area contributed by atoms with E-state index in [1.807, 2.05) is 6.07 Å². The molecule has 0 aliphatic carbocycles. The molecule has 0 aromatic carbocycles. The number of carboxylic acid groups (broad SMARTS) is 1. The lowest BCUT2D eigenvalue weighted by Gasteiger charge is -2.27. The number of aromatic carboxylic acids is 1. The number of carbonyl (C=O) groups is 1. The average Bonchev–Trinajstić information content (AvgIpc) is 2.85. The van der Waals surface area contributed by atoms with Crippen molar-refractivity contribution in [3.8, 4) is 0 Å². The van der Waals surface area contributed by atoms with Gasteiger partial charge < -0.3 is 5.11 Å². The summed E-state index contributed by atoms with van der Waals surface area (Å²) in [5.74, 6) is -0.0725. The van der Waals surface area contributed by atoms with Crippen LogP contribution in [0.2, 0.25) is 0 Å². The molecule has 1 atom stereocenters. The van der Waals surface area contributed by atoms with Crippen LogP contribution in [-0.2, 0) is 6.54 Å². The molecule has 0 amide bonds. The Morgan fingerprint density at radius 1 is 1.50 bits per heavy atom. The number of thiophene rings is 1. The van der Waals surface area contributed by atoms with Gasteiger partial charge >= 0.3 is 5.97 Å². The zero-order valence-corrected chi connectivity index (χ0v) is 12.1. The quantitative estimate of drug-likeness (QED) is 0.913. The number of hydrogen-bond acceptors (Lipinski definition) is 3. The molecule has 1 aliphatic heterocycles. The first-order valence-electron chi connectivity index (χ1n) is 6.40. The van der Waals surface area contributed by atoms with Crippen molar-refractivity contribution in [3.05, 3.63) is 21.9 Å². The molecular weight excluding hydrogens is 246 g/mol. The largest absolute Gasteiger partial charge is 0.477 e. The fourth-order valence-corrected chi connectivity index (χ4v) is 3.37. The van der Waals surface area contributed by atoms with E-state index in [2.05, 4.69) is 25.7 Å². The molecule has 1 N–H and O–H groups in total. The fourth-order valence-electron chi connectivity index (χ4n) is 2.48. The van der Waals surface area contributed by atoms with E-state index in [-0.39, 0.29) is 0 Å². The van der Waals surface area contributed by atoms with Crippen LogP contribution >= 0.6 is 11.3 Å². The van der Waals surface area contributed by atoms with Crippen molar-refractivity contribution in [2.75, 3.05) is 13.1 Å². The van der Waals surface area contributed by atoms with Crippen LogP contribution in [0.5, 0.6) is 0 Å². The molecule has 1 saturated heterocycles. The van der Waals surface area contributed by atoms with E-state index >= 15 is 0 Å². The van der Waals surface area contributed by atoms with Crippen molar-refractivity contribution in [1.29, 1.82) is 0 Å². The van der Waals surface area contributed by atoms with Crippen LogP contribution in [0.1, 0.15) is 41.7 Å². The first kappa shape index (κ1) is 13.6. The van der Waals surface area contributed by atoms with Crippen LogP contribution in [0, 0.1) is 11.3 Å². The Balaban J connectivity index is 1.93. The molecule has 4 heteroatoms. The lowest BCUT2D eigenvalue weighted by molar-refractivity contribution is 0.0702. The molecule has 0 saturated carbocycles. The van der Waals surface area contributed by atoms with Gasteiger partial charge in [0, 0.05) is 18.0 Å². The van der Waals surface area contributed by atoms with E-state index in [0.717, 1.165) is 30.4 Å². The minimum absolute atomic E-state index is 0.371. The second-order valence-corrected chi connectivity index (χ2v) is 7.33. The van der Waals surface area contributed by atoms with Gasteiger partial charge in [-0.15, -0.1) is 11.3 Å². The third-order valence-electron chi connectivity index (χ3n) is 3.75. The summed E-state index contributed by atoms with van der Waals surface area (Å²) in [7, 11) is 0. The monoisotopic (exact) mass is 267 g/mol. The summed E-state index contributed by atoms with van der Waals surface area (Å²) in [5, 5.41) is 8.90. The standard InChI is InChI=1S/C14H21NO2S/c1-14(2,3)10-6-7-15(8-10)9-11-4-5-12(18-11)13(16)17/h4-5,10H,6-9H2,1-3H3,(H,16,17). The van der Waals surface area contributed by atoms with Crippen LogP contribution in [0.15, 0.2) is 12.1 Å². The lowest BCUT2D eigenvalue weighted by Crippen LogP contribution is -2.25. The molecule has 0 radical (unpaired) electrons. The van der Waals surface area contributed by atoms with E-state index in [9.17, 15) is 4.79 Å². The maximum atomic E-state index is 10.8. The van der Waals surface area contributed by atoms with Gasteiger partial charge in [0.2, 0.25) is 0 Å². The Morgan fingerprint density at radius 2 is 2.22 bits per heavy atom. The average molecular weight is 267 g/mol. The molecular formula is C14H21NO2S. The molecule has 1 aromatic heterocycles. The predicted molar refractivity (Wildman–Crippen MR) is 74.1 cm³/mol. The third-order valence-corrected chi connectivity index (χ3v) is 4.81. The zero-order valence-electron chi connectivity index (χ0n) is 11.3. The molecule has 2 rings (SSSR count). The van der Waals surface area contributed by atoms with Gasteiger partial charge in [0.25, 0.3) is 0 Å². The summed E-state index contributed by atoms with van der Waals surface area (Å²) in [6, 6.07) is 3.65. The Bertz CT molecular complexity index is 433. The first-order chi connectivity index (χ1) is 8.36. The second kappa shape index (κ2) is 5.02. The molecule has 1 aromatic rings. The molecule has 100 valence electrons. The van der Waals surface area contributed by atoms with Gasteiger partial charge in [0.1, 0.15) is 4.88 Å². The van der Waals surface area contributed by atoms with Crippen LogP contribution in [0.25, 0.3) is 0 Å². The van der Waals surface area contributed by atoms with Crippen LogP contribution < -0.4 is 0 Å². The minimum atomic E-state index is -0.819. The molecule has 1 aliphatic rings. The highest BCUT2D eigenvalue weighted by molar-refractivity contribution is 7.13. The van der Waals surface area contributed by atoms with Crippen LogP contribution in [0.4, 0.5) is 0 Å². The molecule has 0 bridgehead atoms. The number of nitrogens with zero attached hydrogens (tertiary/aromatic N) is 1. The molecule has 3 nitrogen and oxygen atoms in total. The molecule has 1 fully saturated rings. The maximum absolute atomic E-state index is 10.8. The van der Waals surface area contributed by atoms with Crippen molar-refractivity contribution in [2.45, 2.75) is 33.7 Å². The normalized spacial score (nSPS) is 21.4. The molecule has 2 heterocycles. The number of rotatable bonds is 3. The van der Waals surface area contributed by atoms with Gasteiger partial charge in [-0.25, -0.2) is 4.79 Å². The highest BCUT2D eigenvalue weighted by atomic mass is 32.1. The Morgan fingerprint density at radius 3 is 2.72 bits per heavy atom. The van der Waals surface area contributed by atoms with Gasteiger partial charge in [0.05, 0.1) is 0 Å².